The van der Waals surface area contributed by atoms with Gasteiger partial charge in [0.15, 0.2) is 5.78 Å². The van der Waals surface area contributed by atoms with Gasteiger partial charge in [-0.25, -0.2) is 0 Å². The second-order valence-electron chi connectivity index (χ2n) is 3.63. The Labute approximate surface area is 85.5 Å². The number of ketones is 1. The Hall–Kier alpha value is -1.37. The highest BCUT2D eigenvalue weighted by Gasteiger charge is 1.95. The Bertz CT molecular complexity index is 344. The third-order valence-corrected chi connectivity index (χ3v) is 2.32. The SMILES string of the molecule is CC(=O)C(C)=CCc1ccc(C)cc1. The van der Waals surface area contributed by atoms with Gasteiger partial charge in [-0.2, -0.15) is 0 Å². The number of carbonyl (C=O) groups excluding carboxylic acids is 1. The maximum absolute atomic E-state index is 11.0. The van der Waals surface area contributed by atoms with Gasteiger partial charge in [0.05, 0.1) is 0 Å². The summed E-state index contributed by atoms with van der Waals surface area (Å²) < 4.78 is 0. The maximum Gasteiger partial charge on any atom is 0.155 e. The molecular formula is C13H16O. The molecule has 0 amide bonds. The highest BCUT2D eigenvalue weighted by atomic mass is 16.1. The van der Waals surface area contributed by atoms with Gasteiger partial charge in [-0.3, -0.25) is 4.79 Å². The molecule has 0 spiro atoms. The van der Waals surface area contributed by atoms with Crippen molar-refractivity contribution in [3.63, 3.8) is 0 Å². The molecule has 0 bridgehead atoms. The van der Waals surface area contributed by atoms with Crippen LogP contribution in [-0.2, 0) is 11.2 Å². The fraction of sp³-hybridized carbons (Fsp3) is 0.308. The van der Waals surface area contributed by atoms with Crippen molar-refractivity contribution in [1.82, 2.24) is 0 Å². The van der Waals surface area contributed by atoms with E-state index in [0.717, 1.165) is 12.0 Å². The lowest BCUT2D eigenvalue weighted by molar-refractivity contribution is -0.113. The maximum atomic E-state index is 11.0. The topological polar surface area (TPSA) is 17.1 Å². The molecule has 0 saturated heterocycles. The van der Waals surface area contributed by atoms with Crippen molar-refractivity contribution in [2.45, 2.75) is 27.2 Å². The molecule has 0 aliphatic carbocycles. The minimum absolute atomic E-state index is 0.150. The van der Waals surface area contributed by atoms with Crippen LogP contribution in [0.5, 0.6) is 0 Å². The van der Waals surface area contributed by atoms with Crippen LogP contribution in [0, 0.1) is 6.92 Å². The summed E-state index contributed by atoms with van der Waals surface area (Å²) in [6.07, 6.45) is 2.82. The molecule has 0 fully saturated rings. The van der Waals surface area contributed by atoms with Crippen LogP contribution in [-0.4, -0.2) is 5.78 Å². The predicted octanol–water partition coefficient (Wildman–Crippen LogP) is 3.07. The van der Waals surface area contributed by atoms with Crippen LogP contribution in [0.4, 0.5) is 0 Å². The molecule has 0 atom stereocenters. The molecule has 0 radical (unpaired) electrons. The molecule has 1 nitrogen and oxygen atoms in total. The minimum atomic E-state index is 0.150. The first-order valence-electron chi connectivity index (χ1n) is 4.83. The van der Waals surface area contributed by atoms with Crippen LogP contribution < -0.4 is 0 Å². The second-order valence-corrected chi connectivity index (χ2v) is 3.63. The standard InChI is InChI=1S/C13H16O/c1-10-4-7-13(8-5-10)9-6-11(2)12(3)14/h4-8H,9H2,1-3H3. The zero-order valence-corrected chi connectivity index (χ0v) is 9.00. The molecule has 1 aromatic carbocycles. The minimum Gasteiger partial charge on any atom is -0.295 e. The number of rotatable bonds is 3. The largest absolute Gasteiger partial charge is 0.295 e. The van der Waals surface area contributed by atoms with Gasteiger partial charge in [0.2, 0.25) is 0 Å². The molecule has 1 rings (SSSR count). The fourth-order valence-corrected chi connectivity index (χ4v) is 1.14. The lowest BCUT2D eigenvalue weighted by atomic mass is 10.1. The number of hydrogen-bond donors (Lipinski definition) is 0. The average Bonchev–Trinajstić information content (AvgIpc) is 2.16. The molecule has 14 heavy (non-hydrogen) atoms. The summed E-state index contributed by atoms with van der Waals surface area (Å²) in [5, 5.41) is 0. The van der Waals surface area contributed by atoms with E-state index in [-0.39, 0.29) is 5.78 Å². The fourth-order valence-electron chi connectivity index (χ4n) is 1.14. The molecule has 0 aliphatic rings. The van der Waals surface area contributed by atoms with E-state index < -0.39 is 0 Å². The van der Waals surface area contributed by atoms with Crippen molar-refractivity contribution in [3.05, 3.63) is 47.0 Å². The summed E-state index contributed by atoms with van der Waals surface area (Å²) in [5.74, 6) is 0.150. The van der Waals surface area contributed by atoms with E-state index in [0.29, 0.717) is 0 Å². The number of aryl methyl sites for hydroxylation is 1. The van der Waals surface area contributed by atoms with Gasteiger partial charge in [-0.1, -0.05) is 35.9 Å². The van der Waals surface area contributed by atoms with Crippen LogP contribution in [0.1, 0.15) is 25.0 Å². The molecule has 0 aliphatic heterocycles. The molecule has 0 aromatic heterocycles. The number of benzene rings is 1. The smallest absolute Gasteiger partial charge is 0.155 e. The first-order chi connectivity index (χ1) is 6.59. The van der Waals surface area contributed by atoms with Gasteiger partial charge < -0.3 is 0 Å². The van der Waals surface area contributed by atoms with E-state index >= 15 is 0 Å². The van der Waals surface area contributed by atoms with Crippen molar-refractivity contribution in [3.8, 4) is 0 Å². The highest BCUT2D eigenvalue weighted by molar-refractivity contribution is 5.92. The summed E-state index contributed by atoms with van der Waals surface area (Å²) in [4.78, 5) is 11.0. The Morgan fingerprint density at radius 2 is 1.79 bits per heavy atom. The van der Waals surface area contributed by atoms with Gasteiger partial charge >= 0.3 is 0 Å². The first kappa shape index (κ1) is 10.7. The van der Waals surface area contributed by atoms with E-state index in [1.165, 1.54) is 11.1 Å². The highest BCUT2D eigenvalue weighted by Crippen LogP contribution is 2.06. The molecule has 0 N–H and O–H groups in total. The zero-order chi connectivity index (χ0) is 10.6. The van der Waals surface area contributed by atoms with Crippen molar-refractivity contribution in [1.29, 1.82) is 0 Å². The van der Waals surface area contributed by atoms with E-state index in [1.807, 2.05) is 13.0 Å². The molecule has 0 saturated carbocycles. The molecule has 0 unspecified atom stereocenters. The van der Waals surface area contributed by atoms with E-state index in [9.17, 15) is 4.79 Å². The van der Waals surface area contributed by atoms with Gasteiger partial charge in [-0.15, -0.1) is 0 Å². The zero-order valence-electron chi connectivity index (χ0n) is 9.00. The number of hydrogen-bond acceptors (Lipinski definition) is 1. The molecule has 1 aromatic rings. The molecule has 1 heteroatoms. The van der Waals surface area contributed by atoms with Gasteiger partial charge in [0.25, 0.3) is 0 Å². The molecular weight excluding hydrogens is 172 g/mol. The van der Waals surface area contributed by atoms with Crippen molar-refractivity contribution < 1.29 is 4.79 Å². The van der Waals surface area contributed by atoms with Crippen LogP contribution in [0.2, 0.25) is 0 Å². The lowest BCUT2D eigenvalue weighted by Crippen LogP contribution is -1.92. The van der Waals surface area contributed by atoms with Crippen molar-refractivity contribution in [2.24, 2.45) is 0 Å². The molecule has 74 valence electrons. The summed E-state index contributed by atoms with van der Waals surface area (Å²) >= 11 is 0. The second kappa shape index (κ2) is 4.75. The van der Waals surface area contributed by atoms with Gasteiger partial charge in [0.1, 0.15) is 0 Å². The Kier molecular flexibility index (Phi) is 3.63. The quantitative estimate of drug-likeness (QED) is 0.666. The van der Waals surface area contributed by atoms with Crippen LogP contribution >= 0.6 is 0 Å². The predicted molar refractivity (Wildman–Crippen MR) is 59.3 cm³/mol. The van der Waals surface area contributed by atoms with Gasteiger partial charge in [0, 0.05) is 0 Å². The third-order valence-electron chi connectivity index (χ3n) is 2.32. The normalized spacial score (nSPS) is 11.5. The van der Waals surface area contributed by atoms with E-state index in [4.69, 9.17) is 0 Å². The first-order valence-corrected chi connectivity index (χ1v) is 4.83. The lowest BCUT2D eigenvalue weighted by Gasteiger charge is -1.98. The summed E-state index contributed by atoms with van der Waals surface area (Å²) in [5.41, 5.74) is 3.35. The Morgan fingerprint density at radius 3 is 2.29 bits per heavy atom. The number of allylic oxidation sites excluding steroid dienone is 2. The number of carbonyl (C=O) groups is 1. The number of Topliss-reactive ketones (excluding diaryl/α,β-unsaturated/α-hetero) is 1. The Morgan fingerprint density at radius 1 is 1.21 bits per heavy atom. The Balaban J connectivity index is 2.66. The van der Waals surface area contributed by atoms with Crippen LogP contribution in [0.15, 0.2) is 35.9 Å². The van der Waals surface area contributed by atoms with Gasteiger partial charge in [-0.05, 0) is 38.3 Å². The van der Waals surface area contributed by atoms with Crippen LogP contribution in [0.25, 0.3) is 0 Å². The average molecular weight is 188 g/mol. The third kappa shape index (κ3) is 3.17. The van der Waals surface area contributed by atoms with Crippen LogP contribution in [0.3, 0.4) is 0 Å². The monoisotopic (exact) mass is 188 g/mol. The molecule has 0 heterocycles. The van der Waals surface area contributed by atoms with E-state index in [1.54, 1.807) is 6.92 Å². The summed E-state index contributed by atoms with van der Waals surface area (Å²) in [6.45, 7) is 5.53. The van der Waals surface area contributed by atoms with E-state index in [2.05, 4.69) is 31.2 Å². The van der Waals surface area contributed by atoms with Crippen molar-refractivity contribution >= 4 is 5.78 Å². The summed E-state index contributed by atoms with van der Waals surface area (Å²) in [6, 6.07) is 8.37. The van der Waals surface area contributed by atoms with Crippen molar-refractivity contribution in [2.75, 3.05) is 0 Å². The summed E-state index contributed by atoms with van der Waals surface area (Å²) in [7, 11) is 0.